The van der Waals surface area contributed by atoms with Crippen LogP contribution in [0.4, 0.5) is 0 Å². The van der Waals surface area contributed by atoms with Crippen LogP contribution in [0.15, 0.2) is 41.8 Å². The first-order valence-corrected chi connectivity index (χ1v) is 6.84. The molecule has 7 heteroatoms. The molecule has 0 aliphatic rings. The molecule has 2 aromatic rings. The van der Waals surface area contributed by atoms with E-state index in [-0.39, 0.29) is 0 Å². The first-order chi connectivity index (χ1) is 9.74. The average molecular weight is 291 g/mol. The second-order valence-electron chi connectivity index (χ2n) is 3.73. The molecule has 0 saturated carbocycles. The molecule has 0 aliphatic heterocycles. The Bertz CT molecular complexity index is 567. The SMILES string of the molecule is O=C(O)C=Cc1ccc(OCCSc2ncn[nH]2)cc1. The molecule has 0 unspecified atom stereocenters. The van der Waals surface area contributed by atoms with Crippen LogP contribution >= 0.6 is 11.8 Å². The zero-order chi connectivity index (χ0) is 14.2. The lowest BCUT2D eigenvalue weighted by Crippen LogP contribution is -2.00. The lowest BCUT2D eigenvalue weighted by atomic mass is 10.2. The van der Waals surface area contributed by atoms with Crippen LogP contribution < -0.4 is 4.74 Å². The van der Waals surface area contributed by atoms with E-state index in [1.54, 1.807) is 24.3 Å². The van der Waals surface area contributed by atoms with Crippen LogP contribution in [0.5, 0.6) is 5.75 Å². The minimum Gasteiger partial charge on any atom is -0.493 e. The fourth-order valence-corrected chi connectivity index (χ4v) is 2.00. The lowest BCUT2D eigenvalue weighted by molar-refractivity contribution is -0.131. The van der Waals surface area contributed by atoms with Gasteiger partial charge in [0.1, 0.15) is 12.1 Å². The molecule has 1 heterocycles. The summed E-state index contributed by atoms with van der Waals surface area (Å²) in [7, 11) is 0. The molecule has 0 radical (unpaired) electrons. The van der Waals surface area contributed by atoms with Crippen molar-refractivity contribution in [1.82, 2.24) is 15.2 Å². The van der Waals surface area contributed by atoms with E-state index in [0.717, 1.165) is 28.3 Å². The van der Waals surface area contributed by atoms with Crippen LogP contribution in [0.2, 0.25) is 0 Å². The molecule has 104 valence electrons. The number of carbonyl (C=O) groups is 1. The van der Waals surface area contributed by atoms with Gasteiger partial charge in [0.2, 0.25) is 0 Å². The third-order valence-electron chi connectivity index (χ3n) is 2.28. The number of rotatable bonds is 7. The molecule has 0 saturated heterocycles. The zero-order valence-electron chi connectivity index (χ0n) is 10.5. The van der Waals surface area contributed by atoms with Gasteiger partial charge >= 0.3 is 5.97 Å². The fraction of sp³-hybridized carbons (Fsp3) is 0.154. The molecular formula is C13H13N3O3S. The van der Waals surface area contributed by atoms with Gasteiger partial charge in [-0.2, -0.15) is 5.10 Å². The van der Waals surface area contributed by atoms with Crippen LogP contribution in [-0.4, -0.2) is 38.6 Å². The van der Waals surface area contributed by atoms with Crippen LogP contribution in [0.25, 0.3) is 6.08 Å². The summed E-state index contributed by atoms with van der Waals surface area (Å²) in [6, 6.07) is 7.22. The number of benzene rings is 1. The van der Waals surface area contributed by atoms with E-state index in [0.29, 0.717) is 6.61 Å². The van der Waals surface area contributed by atoms with Crippen LogP contribution in [0, 0.1) is 0 Å². The molecule has 2 rings (SSSR count). The molecule has 0 fully saturated rings. The number of aliphatic carboxylic acids is 1. The highest BCUT2D eigenvalue weighted by molar-refractivity contribution is 7.99. The third-order valence-corrected chi connectivity index (χ3v) is 3.12. The number of aromatic amines is 1. The van der Waals surface area contributed by atoms with E-state index >= 15 is 0 Å². The van der Waals surface area contributed by atoms with Crippen LogP contribution in [-0.2, 0) is 4.79 Å². The summed E-state index contributed by atoms with van der Waals surface area (Å²) in [6.07, 6.45) is 4.10. The topological polar surface area (TPSA) is 88.1 Å². The number of hydrogen-bond acceptors (Lipinski definition) is 5. The quantitative estimate of drug-likeness (QED) is 0.461. The van der Waals surface area contributed by atoms with E-state index < -0.39 is 5.97 Å². The Balaban J connectivity index is 1.74. The lowest BCUT2D eigenvalue weighted by Gasteiger charge is -2.05. The maximum Gasteiger partial charge on any atom is 0.328 e. The summed E-state index contributed by atoms with van der Waals surface area (Å²) in [4.78, 5) is 14.4. The van der Waals surface area contributed by atoms with Crippen molar-refractivity contribution >= 4 is 23.8 Å². The summed E-state index contributed by atoms with van der Waals surface area (Å²) in [5.74, 6) is 0.543. The summed E-state index contributed by atoms with van der Waals surface area (Å²) in [5, 5.41) is 15.8. The van der Waals surface area contributed by atoms with Gasteiger partial charge in [0.15, 0.2) is 5.16 Å². The highest BCUT2D eigenvalue weighted by atomic mass is 32.2. The van der Waals surface area contributed by atoms with Gasteiger partial charge in [-0.3, -0.25) is 5.10 Å². The van der Waals surface area contributed by atoms with Crippen molar-refractivity contribution in [3.63, 3.8) is 0 Å². The Morgan fingerprint density at radius 1 is 1.40 bits per heavy atom. The van der Waals surface area contributed by atoms with Crippen molar-refractivity contribution < 1.29 is 14.6 Å². The zero-order valence-corrected chi connectivity index (χ0v) is 11.3. The second kappa shape index (κ2) is 7.34. The second-order valence-corrected chi connectivity index (χ2v) is 4.81. The minimum atomic E-state index is -0.963. The molecule has 0 spiro atoms. The molecular weight excluding hydrogens is 278 g/mol. The average Bonchev–Trinajstić information content (AvgIpc) is 2.96. The van der Waals surface area contributed by atoms with Gasteiger partial charge in [-0.15, -0.1) is 0 Å². The molecule has 0 atom stereocenters. The molecule has 6 nitrogen and oxygen atoms in total. The summed E-state index contributed by atoms with van der Waals surface area (Å²) < 4.78 is 5.56. The van der Waals surface area contributed by atoms with Gasteiger partial charge in [-0.1, -0.05) is 23.9 Å². The number of aromatic nitrogens is 3. The summed E-state index contributed by atoms with van der Waals surface area (Å²) in [5.41, 5.74) is 0.816. The van der Waals surface area contributed by atoms with E-state index in [9.17, 15) is 4.79 Å². The predicted molar refractivity (Wildman–Crippen MR) is 75.7 cm³/mol. The largest absolute Gasteiger partial charge is 0.493 e. The fourth-order valence-electron chi connectivity index (χ4n) is 1.40. The highest BCUT2D eigenvalue weighted by Gasteiger charge is 1.98. The van der Waals surface area contributed by atoms with Crippen LogP contribution in [0.3, 0.4) is 0 Å². The number of hydrogen-bond donors (Lipinski definition) is 2. The summed E-state index contributed by atoms with van der Waals surface area (Å²) >= 11 is 1.53. The molecule has 2 N–H and O–H groups in total. The van der Waals surface area contributed by atoms with E-state index in [1.165, 1.54) is 24.2 Å². The molecule has 0 amide bonds. The molecule has 20 heavy (non-hydrogen) atoms. The highest BCUT2D eigenvalue weighted by Crippen LogP contribution is 2.15. The number of H-pyrrole nitrogens is 1. The Kier molecular flexibility index (Phi) is 5.19. The van der Waals surface area contributed by atoms with Gasteiger partial charge in [-0.05, 0) is 23.8 Å². The minimum absolute atomic E-state index is 0.551. The van der Waals surface area contributed by atoms with Gasteiger partial charge in [0, 0.05) is 11.8 Å². The predicted octanol–water partition coefficient (Wildman–Crippen LogP) is 2.07. The van der Waals surface area contributed by atoms with E-state index in [2.05, 4.69) is 15.2 Å². The first-order valence-electron chi connectivity index (χ1n) is 5.86. The molecule has 1 aromatic carbocycles. The Hall–Kier alpha value is -2.28. The van der Waals surface area contributed by atoms with Crippen molar-refractivity contribution in [3.05, 3.63) is 42.2 Å². The molecule has 1 aromatic heterocycles. The van der Waals surface area contributed by atoms with E-state index in [4.69, 9.17) is 9.84 Å². The Morgan fingerprint density at radius 3 is 2.85 bits per heavy atom. The van der Waals surface area contributed by atoms with Gasteiger partial charge in [-0.25, -0.2) is 9.78 Å². The van der Waals surface area contributed by atoms with Crippen molar-refractivity contribution in [2.24, 2.45) is 0 Å². The number of thioether (sulfide) groups is 1. The third kappa shape index (κ3) is 4.77. The standard InChI is InChI=1S/C13H13N3O3S/c17-12(18)6-3-10-1-4-11(5-2-10)19-7-8-20-13-14-9-15-16-13/h1-6,9H,7-8H2,(H,17,18)(H,14,15,16). The monoisotopic (exact) mass is 291 g/mol. The number of carboxylic acids is 1. The maximum atomic E-state index is 10.4. The normalized spacial score (nSPS) is 10.8. The number of ether oxygens (including phenoxy) is 1. The van der Waals surface area contributed by atoms with E-state index in [1.807, 2.05) is 0 Å². The van der Waals surface area contributed by atoms with Crippen molar-refractivity contribution in [1.29, 1.82) is 0 Å². The Morgan fingerprint density at radius 2 is 2.20 bits per heavy atom. The van der Waals surface area contributed by atoms with Gasteiger partial charge in [0.05, 0.1) is 6.61 Å². The van der Waals surface area contributed by atoms with Crippen molar-refractivity contribution in [3.8, 4) is 5.75 Å². The van der Waals surface area contributed by atoms with Crippen molar-refractivity contribution in [2.75, 3.05) is 12.4 Å². The molecule has 0 bridgehead atoms. The maximum absolute atomic E-state index is 10.4. The number of nitrogens with zero attached hydrogens (tertiary/aromatic N) is 2. The van der Waals surface area contributed by atoms with Gasteiger partial charge in [0.25, 0.3) is 0 Å². The van der Waals surface area contributed by atoms with Gasteiger partial charge < -0.3 is 9.84 Å². The first kappa shape index (κ1) is 14.1. The smallest absolute Gasteiger partial charge is 0.328 e. The Labute approximate surface area is 119 Å². The number of nitrogens with one attached hydrogen (secondary N) is 1. The van der Waals surface area contributed by atoms with Crippen LogP contribution in [0.1, 0.15) is 5.56 Å². The van der Waals surface area contributed by atoms with Crippen molar-refractivity contribution in [2.45, 2.75) is 5.16 Å². The summed E-state index contributed by atoms with van der Waals surface area (Å²) in [6.45, 7) is 0.551. The molecule has 0 aliphatic carbocycles. The number of carboxylic acid groups (broad SMARTS) is 1.